The molecule has 3 aromatic carbocycles. The van der Waals surface area contributed by atoms with Gasteiger partial charge >= 0.3 is 0 Å². The van der Waals surface area contributed by atoms with Gasteiger partial charge in [-0.25, -0.2) is 0 Å². The van der Waals surface area contributed by atoms with Crippen LogP contribution in [-0.2, 0) is 13.0 Å². The van der Waals surface area contributed by atoms with Gasteiger partial charge in [-0.05, 0) is 67.2 Å². The predicted octanol–water partition coefficient (Wildman–Crippen LogP) is 5.43. The third-order valence-corrected chi connectivity index (χ3v) is 6.27. The van der Waals surface area contributed by atoms with Crippen molar-refractivity contribution in [2.24, 2.45) is 11.8 Å². The van der Waals surface area contributed by atoms with Crippen molar-refractivity contribution >= 4 is 17.3 Å². The standard InChI is InChI=1S/C26H29ClN2O/c1-30-26-10-6-5-9-21(26)18-29(25-13-11-24(27)12-14-25)19-23-17-28-16-22(23)15-20-7-3-2-4-8-20/h2-14,22-23,28H,15-19H2,1H3/t22-,23+/m0/s1. The Balaban J connectivity index is 1.55. The lowest BCUT2D eigenvalue weighted by Crippen LogP contribution is -2.33. The molecular formula is C26H29ClN2O. The normalized spacial score (nSPS) is 18.3. The molecule has 0 amide bonds. The van der Waals surface area contributed by atoms with Gasteiger partial charge in [0.1, 0.15) is 5.75 Å². The number of rotatable bonds is 8. The Bertz CT molecular complexity index is 929. The summed E-state index contributed by atoms with van der Waals surface area (Å²) in [7, 11) is 1.74. The van der Waals surface area contributed by atoms with Crippen molar-refractivity contribution in [1.29, 1.82) is 0 Å². The number of hydrogen-bond acceptors (Lipinski definition) is 3. The van der Waals surface area contributed by atoms with E-state index in [0.717, 1.165) is 43.4 Å². The van der Waals surface area contributed by atoms with Crippen molar-refractivity contribution in [2.75, 3.05) is 31.6 Å². The highest BCUT2D eigenvalue weighted by Gasteiger charge is 2.29. The van der Waals surface area contributed by atoms with Gasteiger partial charge in [0.05, 0.1) is 7.11 Å². The van der Waals surface area contributed by atoms with Crippen LogP contribution in [0.25, 0.3) is 0 Å². The number of halogens is 1. The van der Waals surface area contributed by atoms with Crippen LogP contribution in [0.3, 0.4) is 0 Å². The molecule has 1 aliphatic rings. The summed E-state index contributed by atoms with van der Waals surface area (Å²) in [5.74, 6) is 2.14. The highest BCUT2D eigenvalue weighted by molar-refractivity contribution is 6.30. The molecule has 1 saturated heterocycles. The van der Waals surface area contributed by atoms with E-state index in [9.17, 15) is 0 Å². The molecule has 0 radical (unpaired) electrons. The van der Waals surface area contributed by atoms with E-state index in [1.54, 1.807) is 7.11 Å². The molecule has 1 N–H and O–H groups in total. The van der Waals surface area contributed by atoms with Crippen LogP contribution in [0, 0.1) is 11.8 Å². The molecule has 3 nitrogen and oxygen atoms in total. The minimum atomic E-state index is 0.579. The Morgan fingerprint density at radius 1 is 0.900 bits per heavy atom. The molecule has 0 aliphatic carbocycles. The van der Waals surface area contributed by atoms with Gasteiger partial charge < -0.3 is 15.0 Å². The second-order valence-corrected chi connectivity index (χ2v) is 8.47. The van der Waals surface area contributed by atoms with E-state index < -0.39 is 0 Å². The minimum Gasteiger partial charge on any atom is -0.496 e. The molecular weight excluding hydrogens is 392 g/mol. The van der Waals surface area contributed by atoms with E-state index in [1.807, 2.05) is 24.3 Å². The predicted molar refractivity (Wildman–Crippen MR) is 125 cm³/mol. The lowest BCUT2D eigenvalue weighted by Gasteiger charge is -2.31. The van der Waals surface area contributed by atoms with Crippen LogP contribution in [0.2, 0.25) is 5.02 Å². The van der Waals surface area contributed by atoms with Crippen molar-refractivity contribution in [3.05, 3.63) is 95.0 Å². The van der Waals surface area contributed by atoms with E-state index in [0.29, 0.717) is 11.8 Å². The summed E-state index contributed by atoms with van der Waals surface area (Å²) < 4.78 is 5.61. The SMILES string of the molecule is COc1ccccc1CN(C[C@H]1CNC[C@@H]1Cc1ccccc1)c1ccc(Cl)cc1. The maximum absolute atomic E-state index is 6.16. The zero-order chi connectivity index (χ0) is 20.8. The van der Waals surface area contributed by atoms with E-state index in [-0.39, 0.29) is 0 Å². The fourth-order valence-corrected chi connectivity index (χ4v) is 4.52. The average molecular weight is 421 g/mol. The minimum absolute atomic E-state index is 0.579. The van der Waals surface area contributed by atoms with E-state index in [2.05, 4.69) is 64.8 Å². The second kappa shape index (κ2) is 10.0. The number of hydrogen-bond donors (Lipinski definition) is 1. The first-order valence-electron chi connectivity index (χ1n) is 10.6. The molecule has 0 unspecified atom stereocenters. The highest BCUT2D eigenvalue weighted by atomic mass is 35.5. The lowest BCUT2D eigenvalue weighted by atomic mass is 9.89. The fourth-order valence-electron chi connectivity index (χ4n) is 4.39. The molecule has 4 rings (SSSR count). The second-order valence-electron chi connectivity index (χ2n) is 8.04. The molecule has 2 atom stereocenters. The van der Waals surface area contributed by atoms with Crippen molar-refractivity contribution in [3.8, 4) is 5.75 Å². The molecule has 1 fully saturated rings. The molecule has 156 valence electrons. The Labute approximate surface area is 184 Å². The molecule has 0 bridgehead atoms. The van der Waals surface area contributed by atoms with Gasteiger partial charge in [-0.15, -0.1) is 0 Å². The third kappa shape index (κ3) is 5.16. The summed E-state index contributed by atoms with van der Waals surface area (Å²) in [4.78, 5) is 2.46. The number of para-hydroxylation sites is 1. The fraction of sp³-hybridized carbons (Fsp3) is 0.308. The molecule has 0 saturated carbocycles. The number of benzene rings is 3. The molecule has 3 aromatic rings. The van der Waals surface area contributed by atoms with E-state index in [4.69, 9.17) is 16.3 Å². The first kappa shape index (κ1) is 20.8. The zero-order valence-electron chi connectivity index (χ0n) is 17.4. The number of nitrogens with zero attached hydrogens (tertiary/aromatic N) is 1. The van der Waals surface area contributed by atoms with Crippen LogP contribution in [0.4, 0.5) is 5.69 Å². The van der Waals surface area contributed by atoms with Crippen LogP contribution >= 0.6 is 11.6 Å². The Hall–Kier alpha value is -2.49. The van der Waals surface area contributed by atoms with Crippen molar-refractivity contribution < 1.29 is 4.74 Å². The number of anilines is 1. The van der Waals surface area contributed by atoms with Gasteiger partial charge in [0.2, 0.25) is 0 Å². The Morgan fingerprint density at radius 3 is 2.37 bits per heavy atom. The molecule has 0 aromatic heterocycles. The summed E-state index contributed by atoms with van der Waals surface area (Å²) in [5, 5.41) is 4.39. The highest BCUT2D eigenvalue weighted by Crippen LogP contribution is 2.29. The number of ether oxygens (including phenoxy) is 1. The summed E-state index contributed by atoms with van der Waals surface area (Å²) >= 11 is 6.16. The monoisotopic (exact) mass is 420 g/mol. The first-order valence-corrected chi connectivity index (χ1v) is 11.0. The van der Waals surface area contributed by atoms with Crippen molar-refractivity contribution in [3.63, 3.8) is 0 Å². The van der Waals surface area contributed by atoms with Crippen LogP contribution in [0.1, 0.15) is 11.1 Å². The Morgan fingerprint density at radius 2 is 1.60 bits per heavy atom. The van der Waals surface area contributed by atoms with Gasteiger partial charge in [-0.3, -0.25) is 0 Å². The van der Waals surface area contributed by atoms with Gasteiger partial charge in [-0.1, -0.05) is 60.1 Å². The summed E-state index contributed by atoms with van der Waals surface area (Å²) in [6.07, 6.45) is 1.11. The molecule has 1 aliphatic heterocycles. The molecule has 4 heteroatoms. The molecule has 30 heavy (non-hydrogen) atoms. The first-order chi connectivity index (χ1) is 14.7. The maximum atomic E-state index is 6.16. The Kier molecular flexibility index (Phi) is 6.93. The lowest BCUT2D eigenvalue weighted by molar-refractivity contribution is 0.401. The maximum Gasteiger partial charge on any atom is 0.123 e. The topological polar surface area (TPSA) is 24.5 Å². The number of methoxy groups -OCH3 is 1. The van der Waals surface area contributed by atoms with Crippen LogP contribution in [0.5, 0.6) is 5.75 Å². The number of nitrogens with one attached hydrogen (secondary N) is 1. The summed E-state index contributed by atoms with van der Waals surface area (Å²) in [5.41, 5.74) is 3.80. The summed E-state index contributed by atoms with van der Waals surface area (Å²) in [6, 6.07) is 27.3. The van der Waals surface area contributed by atoms with Crippen molar-refractivity contribution in [2.45, 2.75) is 13.0 Å². The van der Waals surface area contributed by atoms with Gasteiger partial charge in [-0.2, -0.15) is 0 Å². The van der Waals surface area contributed by atoms with E-state index >= 15 is 0 Å². The molecule has 1 heterocycles. The smallest absolute Gasteiger partial charge is 0.123 e. The van der Waals surface area contributed by atoms with Crippen LogP contribution in [-0.4, -0.2) is 26.7 Å². The quantitative estimate of drug-likeness (QED) is 0.525. The third-order valence-electron chi connectivity index (χ3n) is 6.02. The molecule has 0 spiro atoms. The zero-order valence-corrected chi connectivity index (χ0v) is 18.2. The van der Waals surface area contributed by atoms with Crippen molar-refractivity contribution in [1.82, 2.24) is 5.32 Å². The summed E-state index contributed by atoms with van der Waals surface area (Å²) in [6.45, 7) is 3.92. The van der Waals surface area contributed by atoms with Crippen LogP contribution < -0.4 is 15.0 Å². The van der Waals surface area contributed by atoms with Gasteiger partial charge in [0.25, 0.3) is 0 Å². The van der Waals surface area contributed by atoms with Gasteiger partial charge in [0.15, 0.2) is 0 Å². The average Bonchev–Trinajstić information content (AvgIpc) is 3.21. The largest absolute Gasteiger partial charge is 0.496 e. The van der Waals surface area contributed by atoms with Crippen LogP contribution in [0.15, 0.2) is 78.9 Å². The van der Waals surface area contributed by atoms with E-state index in [1.165, 1.54) is 16.8 Å². The van der Waals surface area contributed by atoms with Gasteiger partial charge in [0, 0.05) is 29.4 Å².